The van der Waals surface area contributed by atoms with Gasteiger partial charge in [-0.05, 0) is 24.6 Å². The first-order valence-electron chi connectivity index (χ1n) is 4.34. The van der Waals surface area contributed by atoms with Crippen molar-refractivity contribution in [1.29, 1.82) is 0 Å². The van der Waals surface area contributed by atoms with Crippen molar-refractivity contribution in [3.05, 3.63) is 34.9 Å². The summed E-state index contributed by atoms with van der Waals surface area (Å²) in [6.07, 6.45) is 1.55. The van der Waals surface area contributed by atoms with Crippen molar-refractivity contribution in [3.63, 3.8) is 0 Å². The minimum Gasteiger partial charge on any atom is -0.391 e. The topological polar surface area (TPSA) is 47.6 Å². The molecular formula is C10H13ClN2O. The van der Waals surface area contributed by atoms with Gasteiger partial charge in [0.2, 0.25) is 0 Å². The second-order valence-corrected chi connectivity index (χ2v) is 3.45. The normalized spacial score (nSPS) is 13.1. The maximum Gasteiger partial charge on any atom is 0.142 e. The molecule has 1 rings (SSSR count). The Labute approximate surface area is 88.5 Å². The Morgan fingerprint density at radius 3 is 2.71 bits per heavy atom. The molecular weight excluding hydrogens is 200 g/mol. The summed E-state index contributed by atoms with van der Waals surface area (Å²) in [5, 5.41) is 4.42. The highest BCUT2D eigenvalue weighted by Crippen LogP contribution is 2.10. The highest BCUT2D eigenvalue weighted by molar-refractivity contribution is 6.30. The number of oxime groups is 1. The van der Waals surface area contributed by atoms with Gasteiger partial charge >= 0.3 is 0 Å². The van der Waals surface area contributed by atoms with Crippen molar-refractivity contribution in [1.82, 2.24) is 0 Å². The number of benzene rings is 1. The van der Waals surface area contributed by atoms with Crippen LogP contribution in [0.25, 0.3) is 0 Å². The second kappa shape index (κ2) is 5.62. The number of rotatable bonds is 4. The second-order valence-electron chi connectivity index (χ2n) is 3.01. The van der Waals surface area contributed by atoms with E-state index in [1.54, 1.807) is 6.21 Å². The van der Waals surface area contributed by atoms with Crippen LogP contribution in [0.4, 0.5) is 0 Å². The Morgan fingerprint density at radius 1 is 1.50 bits per heavy atom. The Kier molecular flexibility index (Phi) is 4.43. The van der Waals surface area contributed by atoms with Crippen molar-refractivity contribution < 1.29 is 4.84 Å². The lowest BCUT2D eigenvalue weighted by molar-refractivity contribution is 0.131. The van der Waals surface area contributed by atoms with Gasteiger partial charge in [0.25, 0.3) is 0 Å². The number of hydrogen-bond donors (Lipinski definition) is 1. The summed E-state index contributed by atoms with van der Waals surface area (Å²) in [6, 6.07) is 7.33. The van der Waals surface area contributed by atoms with Gasteiger partial charge in [-0.3, -0.25) is 0 Å². The van der Waals surface area contributed by atoms with Crippen LogP contribution in [-0.2, 0) is 11.4 Å². The van der Waals surface area contributed by atoms with E-state index in [-0.39, 0.29) is 6.04 Å². The van der Waals surface area contributed by atoms with E-state index < -0.39 is 0 Å². The summed E-state index contributed by atoms with van der Waals surface area (Å²) in [7, 11) is 0. The van der Waals surface area contributed by atoms with E-state index in [9.17, 15) is 0 Å². The monoisotopic (exact) mass is 212 g/mol. The quantitative estimate of drug-likeness (QED) is 0.615. The lowest BCUT2D eigenvalue weighted by Crippen LogP contribution is -2.15. The van der Waals surface area contributed by atoms with Crippen LogP contribution in [0.2, 0.25) is 5.02 Å². The first-order chi connectivity index (χ1) is 6.68. The predicted molar refractivity (Wildman–Crippen MR) is 58.4 cm³/mol. The minimum absolute atomic E-state index is 0.0831. The highest BCUT2D eigenvalue weighted by Gasteiger charge is 1.92. The van der Waals surface area contributed by atoms with Crippen LogP contribution in [0, 0.1) is 0 Å². The third-order valence-corrected chi connectivity index (χ3v) is 1.77. The molecule has 76 valence electrons. The van der Waals surface area contributed by atoms with Crippen LogP contribution < -0.4 is 5.73 Å². The molecule has 1 aromatic carbocycles. The summed E-state index contributed by atoms with van der Waals surface area (Å²) >= 11 is 5.73. The zero-order valence-electron chi connectivity index (χ0n) is 7.98. The molecule has 0 aliphatic heterocycles. The Hall–Kier alpha value is -1.06. The molecule has 0 aliphatic carbocycles. The van der Waals surface area contributed by atoms with Gasteiger partial charge in [0, 0.05) is 11.1 Å². The average molecular weight is 213 g/mol. The van der Waals surface area contributed by atoms with Gasteiger partial charge in [-0.15, -0.1) is 0 Å². The highest BCUT2D eigenvalue weighted by atomic mass is 35.5. The van der Waals surface area contributed by atoms with Crippen molar-refractivity contribution in [3.8, 4) is 0 Å². The fourth-order valence-corrected chi connectivity index (χ4v) is 0.957. The summed E-state index contributed by atoms with van der Waals surface area (Å²) in [4.78, 5) is 5.02. The lowest BCUT2D eigenvalue weighted by Gasteiger charge is -2.00. The molecule has 4 heteroatoms. The van der Waals surface area contributed by atoms with Crippen LogP contribution in [0.5, 0.6) is 0 Å². The maximum atomic E-state index is 5.73. The molecule has 14 heavy (non-hydrogen) atoms. The fraction of sp³-hybridized carbons (Fsp3) is 0.300. The molecule has 2 N–H and O–H groups in total. The summed E-state index contributed by atoms with van der Waals surface area (Å²) in [6.45, 7) is 2.26. The fourth-order valence-electron chi connectivity index (χ4n) is 0.831. The molecule has 0 aliphatic rings. The van der Waals surface area contributed by atoms with Gasteiger partial charge in [-0.25, -0.2) is 0 Å². The molecule has 0 aromatic heterocycles. The SMILES string of the molecule is CC(N)/C=N/OCc1ccc(Cl)cc1. The summed E-state index contributed by atoms with van der Waals surface area (Å²) < 4.78 is 0. The third-order valence-electron chi connectivity index (χ3n) is 1.52. The Bertz CT molecular complexity index is 295. The van der Waals surface area contributed by atoms with Gasteiger partial charge in [-0.1, -0.05) is 28.9 Å². The van der Waals surface area contributed by atoms with Crippen molar-refractivity contribution in [2.24, 2.45) is 10.9 Å². The third kappa shape index (κ3) is 4.25. The molecule has 1 atom stereocenters. The number of halogens is 1. The van der Waals surface area contributed by atoms with E-state index in [4.69, 9.17) is 22.2 Å². The molecule has 0 spiro atoms. The standard InChI is InChI=1S/C10H13ClN2O/c1-8(12)6-13-14-7-9-2-4-10(11)5-3-9/h2-6,8H,7,12H2,1H3/b13-6+. The zero-order valence-corrected chi connectivity index (χ0v) is 8.74. The molecule has 0 saturated carbocycles. The van der Waals surface area contributed by atoms with Gasteiger partial charge < -0.3 is 10.6 Å². The van der Waals surface area contributed by atoms with Crippen LogP contribution >= 0.6 is 11.6 Å². The van der Waals surface area contributed by atoms with E-state index >= 15 is 0 Å². The van der Waals surface area contributed by atoms with Gasteiger partial charge in [0.15, 0.2) is 0 Å². The first-order valence-corrected chi connectivity index (χ1v) is 4.72. The Balaban J connectivity index is 2.35. The van der Waals surface area contributed by atoms with Crippen LogP contribution in [0.3, 0.4) is 0 Å². The van der Waals surface area contributed by atoms with Crippen LogP contribution in [0.15, 0.2) is 29.4 Å². The zero-order chi connectivity index (χ0) is 10.4. The van der Waals surface area contributed by atoms with Crippen molar-refractivity contribution in [2.75, 3.05) is 0 Å². The average Bonchev–Trinajstić information content (AvgIpc) is 2.15. The molecule has 0 saturated heterocycles. The maximum absolute atomic E-state index is 5.73. The lowest BCUT2D eigenvalue weighted by atomic mass is 10.2. The number of hydrogen-bond acceptors (Lipinski definition) is 3. The minimum atomic E-state index is -0.0831. The molecule has 3 nitrogen and oxygen atoms in total. The molecule has 0 bridgehead atoms. The van der Waals surface area contributed by atoms with E-state index in [2.05, 4.69) is 5.16 Å². The van der Waals surface area contributed by atoms with E-state index in [1.165, 1.54) is 0 Å². The van der Waals surface area contributed by atoms with Crippen LogP contribution in [-0.4, -0.2) is 12.3 Å². The molecule has 0 fully saturated rings. The Morgan fingerprint density at radius 2 is 2.14 bits per heavy atom. The van der Waals surface area contributed by atoms with Crippen LogP contribution in [0.1, 0.15) is 12.5 Å². The molecule has 0 amide bonds. The molecule has 0 radical (unpaired) electrons. The van der Waals surface area contributed by atoms with Gasteiger partial charge in [0.1, 0.15) is 6.61 Å². The summed E-state index contributed by atoms with van der Waals surface area (Å²) in [5.74, 6) is 0. The van der Waals surface area contributed by atoms with Gasteiger partial charge in [0.05, 0.1) is 6.21 Å². The largest absolute Gasteiger partial charge is 0.391 e. The van der Waals surface area contributed by atoms with E-state index in [0.29, 0.717) is 11.6 Å². The van der Waals surface area contributed by atoms with E-state index in [0.717, 1.165) is 5.56 Å². The number of nitrogens with two attached hydrogens (primary N) is 1. The van der Waals surface area contributed by atoms with Gasteiger partial charge in [-0.2, -0.15) is 0 Å². The number of nitrogens with zero attached hydrogens (tertiary/aromatic N) is 1. The molecule has 1 aromatic rings. The molecule has 0 heterocycles. The predicted octanol–water partition coefficient (Wildman–Crippen LogP) is 2.19. The van der Waals surface area contributed by atoms with E-state index in [1.807, 2.05) is 31.2 Å². The van der Waals surface area contributed by atoms with Crippen molar-refractivity contribution in [2.45, 2.75) is 19.6 Å². The first kappa shape index (κ1) is 11.0. The van der Waals surface area contributed by atoms with Crippen molar-refractivity contribution >= 4 is 17.8 Å². The summed E-state index contributed by atoms with van der Waals surface area (Å²) in [5.41, 5.74) is 6.47. The molecule has 1 unspecified atom stereocenters. The smallest absolute Gasteiger partial charge is 0.142 e.